The van der Waals surface area contributed by atoms with Gasteiger partial charge in [-0.15, -0.1) is 0 Å². The summed E-state index contributed by atoms with van der Waals surface area (Å²) in [6.07, 6.45) is 5.91. The number of hydrogen-bond donors (Lipinski definition) is 0. The molecule has 0 aromatic heterocycles. The zero-order valence-corrected chi connectivity index (χ0v) is 12.0. The minimum atomic E-state index is 0.0776. The van der Waals surface area contributed by atoms with E-state index in [9.17, 15) is 4.79 Å². The van der Waals surface area contributed by atoms with Crippen molar-refractivity contribution in [1.82, 2.24) is 0 Å². The Morgan fingerprint density at radius 1 is 1.22 bits per heavy atom. The predicted molar refractivity (Wildman–Crippen MR) is 77.0 cm³/mol. The van der Waals surface area contributed by atoms with E-state index < -0.39 is 0 Å². The van der Waals surface area contributed by atoms with Crippen LogP contribution in [0.25, 0.3) is 6.08 Å². The predicted octanol–water partition coefficient (Wildman–Crippen LogP) is 4.03. The van der Waals surface area contributed by atoms with Crippen LogP contribution in [-0.4, -0.2) is 6.29 Å². The Labute approximate surface area is 110 Å². The third-order valence-electron chi connectivity index (χ3n) is 3.80. The van der Waals surface area contributed by atoms with Gasteiger partial charge < -0.3 is 4.79 Å². The van der Waals surface area contributed by atoms with Crippen LogP contribution in [0.15, 0.2) is 18.2 Å². The van der Waals surface area contributed by atoms with E-state index in [0.29, 0.717) is 6.42 Å². The number of carbonyl (C=O) groups is 1. The molecule has 0 amide bonds. The molecule has 1 aliphatic rings. The molecule has 1 nitrogen and oxygen atoms in total. The molecule has 0 spiro atoms. The van der Waals surface area contributed by atoms with Gasteiger partial charge in [-0.1, -0.05) is 58.9 Å². The lowest BCUT2D eigenvalue weighted by atomic mass is 9.79. The quantitative estimate of drug-likeness (QED) is 0.716. The van der Waals surface area contributed by atoms with Crippen LogP contribution in [0.2, 0.25) is 0 Å². The lowest BCUT2D eigenvalue weighted by Crippen LogP contribution is -2.17. The summed E-state index contributed by atoms with van der Waals surface area (Å²) in [4.78, 5) is 10.9. The summed E-state index contributed by atoms with van der Waals surface area (Å²) < 4.78 is 0. The molecule has 18 heavy (non-hydrogen) atoms. The van der Waals surface area contributed by atoms with E-state index in [4.69, 9.17) is 0 Å². The van der Waals surface area contributed by atoms with Crippen LogP contribution >= 0.6 is 0 Å². The third-order valence-corrected chi connectivity index (χ3v) is 3.80. The summed E-state index contributed by atoms with van der Waals surface area (Å²) in [5.41, 5.74) is 5.27. The van der Waals surface area contributed by atoms with Crippen LogP contribution < -0.4 is 0 Å². The van der Waals surface area contributed by atoms with E-state index in [1.54, 1.807) is 0 Å². The maximum absolute atomic E-state index is 10.9. The van der Waals surface area contributed by atoms with Crippen molar-refractivity contribution in [3.8, 4) is 0 Å². The average molecular weight is 242 g/mol. The molecule has 0 unspecified atom stereocenters. The Bertz CT molecular complexity index is 513. The molecule has 0 bridgehead atoms. The molecule has 0 atom stereocenters. The van der Waals surface area contributed by atoms with Crippen LogP contribution in [0.3, 0.4) is 0 Å². The summed E-state index contributed by atoms with van der Waals surface area (Å²) in [5.74, 6) is 0. The van der Waals surface area contributed by atoms with E-state index in [1.165, 1.54) is 16.7 Å². The molecule has 0 fully saturated rings. The summed E-state index contributed by atoms with van der Waals surface area (Å²) in [6, 6.07) is 4.50. The Hall–Kier alpha value is -1.37. The molecule has 0 aliphatic heterocycles. The molecule has 0 saturated heterocycles. The van der Waals surface area contributed by atoms with E-state index in [-0.39, 0.29) is 10.8 Å². The maximum atomic E-state index is 10.9. The monoisotopic (exact) mass is 242 g/mol. The van der Waals surface area contributed by atoms with Crippen LogP contribution in [0.5, 0.6) is 0 Å². The lowest BCUT2D eigenvalue weighted by Gasteiger charge is -2.25. The number of carbonyl (C=O) groups excluding carboxylic acids is 1. The minimum Gasteiger partial charge on any atom is -0.303 e. The van der Waals surface area contributed by atoms with Gasteiger partial charge in [-0.2, -0.15) is 0 Å². The third kappa shape index (κ3) is 2.14. The molecule has 0 saturated carbocycles. The number of allylic oxidation sites excluding steroid dienone is 1. The topological polar surface area (TPSA) is 17.1 Å². The number of rotatable bonds is 2. The highest BCUT2D eigenvalue weighted by Crippen LogP contribution is 2.40. The zero-order valence-electron chi connectivity index (χ0n) is 12.0. The molecular formula is C17H22O. The summed E-state index contributed by atoms with van der Waals surface area (Å²) in [7, 11) is 0. The number of hydrogen-bond acceptors (Lipinski definition) is 1. The second-order valence-electron chi connectivity index (χ2n) is 6.77. The van der Waals surface area contributed by atoms with Crippen molar-refractivity contribution in [2.24, 2.45) is 0 Å². The Morgan fingerprint density at radius 3 is 2.44 bits per heavy atom. The van der Waals surface area contributed by atoms with E-state index in [1.807, 2.05) is 0 Å². The normalized spacial score (nSPS) is 16.7. The Morgan fingerprint density at radius 2 is 1.89 bits per heavy atom. The van der Waals surface area contributed by atoms with Crippen molar-refractivity contribution >= 4 is 12.4 Å². The molecule has 2 rings (SSSR count). The van der Waals surface area contributed by atoms with Gasteiger partial charge >= 0.3 is 0 Å². The summed E-state index contributed by atoms with van der Waals surface area (Å²) in [6.45, 7) is 11.1. The molecule has 96 valence electrons. The van der Waals surface area contributed by atoms with E-state index >= 15 is 0 Å². The molecule has 0 radical (unpaired) electrons. The van der Waals surface area contributed by atoms with Crippen LogP contribution in [0.4, 0.5) is 0 Å². The lowest BCUT2D eigenvalue weighted by molar-refractivity contribution is -0.107. The minimum absolute atomic E-state index is 0.0776. The summed E-state index contributed by atoms with van der Waals surface area (Å²) in [5, 5.41) is 0. The molecule has 1 aromatic rings. The van der Waals surface area contributed by atoms with Crippen LogP contribution in [0.1, 0.15) is 56.9 Å². The first-order chi connectivity index (χ1) is 8.25. The highest BCUT2D eigenvalue weighted by molar-refractivity contribution is 5.71. The fourth-order valence-electron chi connectivity index (χ4n) is 2.52. The van der Waals surface area contributed by atoms with E-state index in [0.717, 1.165) is 11.8 Å². The van der Waals surface area contributed by atoms with Crippen molar-refractivity contribution in [2.75, 3.05) is 0 Å². The smallest absolute Gasteiger partial charge is 0.124 e. The standard InChI is InChI=1S/C17H22O/c1-16(2,3)13-10-12(7-9-18)14-6-8-17(4,5)15(14)11-13/h6,8-11H,7H2,1-5H3. The second kappa shape index (κ2) is 4.08. The number of benzene rings is 1. The zero-order chi connectivity index (χ0) is 13.6. The van der Waals surface area contributed by atoms with Crippen molar-refractivity contribution in [1.29, 1.82) is 0 Å². The van der Waals surface area contributed by atoms with Gasteiger partial charge in [-0.05, 0) is 27.7 Å². The number of aldehydes is 1. The van der Waals surface area contributed by atoms with Gasteiger partial charge in [-0.3, -0.25) is 0 Å². The Kier molecular flexibility index (Phi) is 2.96. The first-order valence-corrected chi connectivity index (χ1v) is 6.56. The molecular weight excluding hydrogens is 220 g/mol. The van der Waals surface area contributed by atoms with Gasteiger partial charge in [0.1, 0.15) is 6.29 Å². The van der Waals surface area contributed by atoms with Gasteiger partial charge in [0.05, 0.1) is 0 Å². The maximum Gasteiger partial charge on any atom is 0.124 e. The molecule has 0 N–H and O–H groups in total. The van der Waals surface area contributed by atoms with Gasteiger partial charge in [0.2, 0.25) is 0 Å². The molecule has 1 heteroatoms. The first-order valence-electron chi connectivity index (χ1n) is 6.56. The summed E-state index contributed by atoms with van der Waals surface area (Å²) >= 11 is 0. The molecule has 1 aromatic carbocycles. The highest BCUT2D eigenvalue weighted by Gasteiger charge is 2.28. The highest BCUT2D eigenvalue weighted by atomic mass is 16.1. The van der Waals surface area contributed by atoms with Crippen molar-refractivity contribution in [3.05, 3.63) is 40.5 Å². The fourth-order valence-corrected chi connectivity index (χ4v) is 2.52. The SMILES string of the molecule is CC(C)(C)c1cc(CC=O)c2c(c1)C(C)(C)C=C2. The van der Waals surface area contributed by atoms with Crippen molar-refractivity contribution in [2.45, 2.75) is 51.9 Å². The van der Waals surface area contributed by atoms with Crippen molar-refractivity contribution < 1.29 is 4.79 Å². The number of fused-ring (bicyclic) bond motifs is 1. The van der Waals surface area contributed by atoms with Gasteiger partial charge in [-0.25, -0.2) is 0 Å². The average Bonchev–Trinajstić information content (AvgIpc) is 2.54. The van der Waals surface area contributed by atoms with Gasteiger partial charge in [0, 0.05) is 11.8 Å². The van der Waals surface area contributed by atoms with Gasteiger partial charge in [0.25, 0.3) is 0 Å². The molecule has 0 heterocycles. The van der Waals surface area contributed by atoms with E-state index in [2.05, 4.69) is 58.9 Å². The largest absolute Gasteiger partial charge is 0.303 e. The van der Waals surface area contributed by atoms with Gasteiger partial charge in [0.15, 0.2) is 0 Å². The van der Waals surface area contributed by atoms with Crippen molar-refractivity contribution in [3.63, 3.8) is 0 Å². The van der Waals surface area contributed by atoms with Crippen LogP contribution in [0, 0.1) is 0 Å². The first kappa shape index (κ1) is 13.1. The van der Waals surface area contributed by atoms with Crippen LogP contribution in [-0.2, 0) is 22.0 Å². The molecule has 1 aliphatic carbocycles. The Balaban J connectivity index is 2.65. The fraction of sp³-hybridized carbons (Fsp3) is 0.471. The second-order valence-corrected chi connectivity index (χ2v) is 6.77.